The summed E-state index contributed by atoms with van der Waals surface area (Å²) in [6, 6.07) is 3.80. The molecular formula is C16H23N5O2S. The summed E-state index contributed by atoms with van der Waals surface area (Å²) >= 11 is 1.65. The van der Waals surface area contributed by atoms with Crippen LogP contribution in [0.1, 0.15) is 36.5 Å². The van der Waals surface area contributed by atoms with Crippen molar-refractivity contribution in [1.29, 1.82) is 0 Å². The smallest absolute Gasteiger partial charge is 0.237 e. The van der Waals surface area contributed by atoms with Crippen LogP contribution in [0.5, 0.6) is 0 Å². The second-order valence-electron chi connectivity index (χ2n) is 5.82. The zero-order valence-corrected chi connectivity index (χ0v) is 14.8. The fourth-order valence-electron chi connectivity index (χ4n) is 2.69. The molecular weight excluding hydrogens is 326 g/mol. The number of aromatic amines is 1. The van der Waals surface area contributed by atoms with Crippen LogP contribution in [0.25, 0.3) is 0 Å². The third kappa shape index (κ3) is 4.00. The molecule has 0 saturated carbocycles. The van der Waals surface area contributed by atoms with Gasteiger partial charge < -0.3 is 10.1 Å². The zero-order valence-electron chi connectivity index (χ0n) is 14.0. The Labute approximate surface area is 145 Å². The molecule has 2 aromatic heterocycles. The van der Waals surface area contributed by atoms with Crippen molar-refractivity contribution in [3.8, 4) is 0 Å². The number of aromatic nitrogens is 3. The van der Waals surface area contributed by atoms with Gasteiger partial charge in [0, 0.05) is 24.4 Å². The maximum atomic E-state index is 12.4. The van der Waals surface area contributed by atoms with Gasteiger partial charge in [0.2, 0.25) is 5.91 Å². The molecule has 24 heavy (non-hydrogen) atoms. The molecule has 1 aliphatic heterocycles. The predicted molar refractivity (Wildman–Crippen MR) is 91.7 cm³/mol. The Morgan fingerprint density at radius 1 is 1.62 bits per heavy atom. The van der Waals surface area contributed by atoms with Gasteiger partial charge in [-0.2, -0.15) is 5.10 Å². The molecule has 0 spiro atoms. The lowest BCUT2D eigenvalue weighted by Crippen LogP contribution is -2.50. The van der Waals surface area contributed by atoms with Crippen molar-refractivity contribution in [2.75, 3.05) is 19.7 Å². The average molecular weight is 349 g/mol. The number of ether oxygens (including phenoxy) is 1. The second-order valence-corrected chi connectivity index (χ2v) is 6.85. The van der Waals surface area contributed by atoms with Gasteiger partial charge in [-0.1, -0.05) is 13.0 Å². The van der Waals surface area contributed by atoms with Gasteiger partial charge >= 0.3 is 0 Å². The first-order valence-electron chi connectivity index (χ1n) is 8.24. The molecule has 0 radical (unpaired) electrons. The molecule has 8 heteroatoms. The van der Waals surface area contributed by atoms with Crippen LogP contribution >= 0.6 is 11.3 Å². The van der Waals surface area contributed by atoms with Gasteiger partial charge in [0.15, 0.2) is 5.82 Å². The van der Waals surface area contributed by atoms with Gasteiger partial charge in [0.25, 0.3) is 0 Å². The van der Waals surface area contributed by atoms with Crippen LogP contribution in [0.15, 0.2) is 17.5 Å². The number of nitrogens with one attached hydrogen (secondary N) is 2. The number of hydrogen-bond acceptors (Lipinski definition) is 6. The summed E-state index contributed by atoms with van der Waals surface area (Å²) in [5, 5.41) is 12.2. The highest BCUT2D eigenvalue weighted by atomic mass is 32.1. The lowest BCUT2D eigenvalue weighted by molar-refractivity contribution is -0.129. The fraction of sp³-hybridized carbons (Fsp3) is 0.562. The van der Waals surface area contributed by atoms with Crippen LogP contribution in [0.4, 0.5) is 0 Å². The Balaban J connectivity index is 1.55. The molecule has 2 N–H and O–H groups in total. The van der Waals surface area contributed by atoms with Crippen LogP contribution in [-0.2, 0) is 22.5 Å². The van der Waals surface area contributed by atoms with Crippen LogP contribution in [0.2, 0.25) is 0 Å². The van der Waals surface area contributed by atoms with E-state index in [9.17, 15) is 4.79 Å². The lowest BCUT2D eigenvalue weighted by atomic mass is 10.2. The van der Waals surface area contributed by atoms with Gasteiger partial charge in [-0.25, -0.2) is 4.98 Å². The van der Waals surface area contributed by atoms with Crippen molar-refractivity contribution in [3.63, 3.8) is 0 Å². The number of rotatable bonds is 6. The number of thiophene rings is 1. The molecule has 1 saturated heterocycles. The van der Waals surface area contributed by atoms with E-state index in [1.807, 2.05) is 31.4 Å². The monoisotopic (exact) mass is 349 g/mol. The largest absolute Gasteiger partial charge is 0.367 e. The van der Waals surface area contributed by atoms with E-state index in [0.717, 1.165) is 23.7 Å². The maximum Gasteiger partial charge on any atom is 0.237 e. The normalized spacial score (nSPS) is 20.0. The summed E-state index contributed by atoms with van der Waals surface area (Å²) in [5.74, 6) is 1.56. The summed E-state index contributed by atoms with van der Waals surface area (Å²) in [5.41, 5.74) is 0. The molecule has 130 valence electrons. The number of aryl methyl sites for hydroxylation is 1. The van der Waals surface area contributed by atoms with Gasteiger partial charge in [0.05, 0.1) is 19.2 Å². The van der Waals surface area contributed by atoms with E-state index in [0.29, 0.717) is 25.5 Å². The molecule has 0 aliphatic carbocycles. The molecule has 1 aliphatic rings. The van der Waals surface area contributed by atoms with E-state index in [-0.39, 0.29) is 18.1 Å². The van der Waals surface area contributed by atoms with E-state index < -0.39 is 0 Å². The summed E-state index contributed by atoms with van der Waals surface area (Å²) in [6.45, 7) is 6.46. The average Bonchev–Trinajstić information content (AvgIpc) is 3.30. The minimum atomic E-state index is -0.207. The van der Waals surface area contributed by atoms with E-state index in [1.165, 1.54) is 0 Å². The molecule has 1 amide bonds. The molecule has 1 fully saturated rings. The minimum absolute atomic E-state index is 0.0354. The molecule has 3 heterocycles. The molecule has 0 bridgehead atoms. The first kappa shape index (κ1) is 17.1. The standard InChI is InChI=1S/C16H23N5O2S/c1-3-14-18-15(20-19-14)13-10-21(6-7-23-13)11(2)16(22)17-9-12-5-4-8-24-12/h4-5,8,11,13H,3,6-7,9-10H2,1-2H3,(H,17,22)(H,18,19,20)/t11-,13-/m1/s1. The summed E-state index contributed by atoms with van der Waals surface area (Å²) < 4.78 is 5.78. The van der Waals surface area contributed by atoms with Crippen LogP contribution in [0.3, 0.4) is 0 Å². The predicted octanol–water partition coefficient (Wildman–Crippen LogP) is 1.51. The lowest BCUT2D eigenvalue weighted by Gasteiger charge is -2.35. The summed E-state index contributed by atoms with van der Waals surface area (Å²) in [4.78, 5) is 20.1. The zero-order chi connectivity index (χ0) is 16.9. The number of morpholine rings is 1. The minimum Gasteiger partial charge on any atom is -0.367 e. The quantitative estimate of drug-likeness (QED) is 0.826. The third-order valence-corrected chi connectivity index (χ3v) is 5.09. The first-order valence-corrected chi connectivity index (χ1v) is 9.12. The van der Waals surface area contributed by atoms with Crippen molar-refractivity contribution in [2.24, 2.45) is 0 Å². The first-order chi connectivity index (χ1) is 11.7. The van der Waals surface area contributed by atoms with Crippen LogP contribution in [0, 0.1) is 0 Å². The van der Waals surface area contributed by atoms with E-state index in [4.69, 9.17) is 4.74 Å². The van der Waals surface area contributed by atoms with E-state index in [2.05, 4.69) is 25.4 Å². The number of H-pyrrole nitrogens is 1. The Hall–Kier alpha value is -1.77. The number of amides is 1. The number of carbonyl (C=O) groups is 1. The number of nitrogens with zero attached hydrogens (tertiary/aromatic N) is 3. The fourth-order valence-corrected chi connectivity index (χ4v) is 3.33. The van der Waals surface area contributed by atoms with Crippen molar-refractivity contribution < 1.29 is 9.53 Å². The maximum absolute atomic E-state index is 12.4. The number of carbonyl (C=O) groups excluding carboxylic acids is 1. The molecule has 2 aromatic rings. The van der Waals surface area contributed by atoms with Crippen molar-refractivity contribution in [3.05, 3.63) is 34.0 Å². The molecule has 0 unspecified atom stereocenters. The highest BCUT2D eigenvalue weighted by Gasteiger charge is 2.30. The van der Waals surface area contributed by atoms with Crippen molar-refractivity contribution in [2.45, 2.75) is 39.0 Å². The van der Waals surface area contributed by atoms with Crippen molar-refractivity contribution >= 4 is 17.2 Å². The Kier molecular flexibility index (Phi) is 5.60. The topological polar surface area (TPSA) is 83.1 Å². The van der Waals surface area contributed by atoms with E-state index >= 15 is 0 Å². The SMILES string of the molecule is CCc1nc([C@H]2CN([C@H](C)C(=O)NCc3cccs3)CCO2)n[nH]1. The summed E-state index contributed by atoms with van der Waals surface area (Å²) in [6.07, 6.45) is 0.619. The second kappa shape index (κ2) is 7.87. The summed E-state index contributed by atoms with van der Waals surface area (Å²) in [7, 11) is 0. The highest BCUT2D eigenvalue weighted by molar-refractivity contribution is 7.09. The highest BCUT2D eigenvalue weighted by Crippen LogP contribution is 2.21. The van der Waals surface area contributed by atoms with E-state index in [1.54, 1.807) is 11.3 Å². The molecule has 2 atom stereocenters. The molecule has 3 rings (SSSR count). The van der Waals surface area contributed by atoms with Gasteiger partial charge in [0.1, 0.15) is 11.9 Å². The van der Waals surface area contributed by atoms with Crippen molar-refractivity contribution in [1.82, 2.24) is 25.4 Å². The van der Waals surface area contributed by atoms with Crippen LogP contribution in [-0.4, -0.2) is 51.7 Å². The Morgan fingerprint density at radius 3 is 3.21 bits per heavy atom. The van der Waals surface area contributed by atoms with Crippen LogP contribution < -0.4 is 5.32 Å². The molecule has 7 nitrogen and oxygen atoms in total. The Bertz CT molecular complexity index is 657. The van der Waals surface area contributed by atoms with Gasteiger partial charge in [-0.05, 0) is 18.4 Å². The third-order valence-electron chi connectivity index (χ3n) is 4.21. The number of hydrogen-bond donors (Lipinski definition) is 2. The molecule has 0 aromatic carbocycles. The Morgan fingerprint density at radius 2 is 2.50 bits per heavy atom. The van der Waals surface area contributed by atoms with Gasteiger partial charge in [-0.3, -0.25) is 14.8 Å². The van der Waals surface area contributed by atoms with Gasteiger partial charge in [-0.15, -0.1) is 11.3 Å².